The van der Waals surface area contributed by atoms with Crippen LogP contribution in [0.2, 0.25) is 0 Å². The van der Waals surface area contributed by atoms with Crippen LogP contribution in [0.5, 0.6) is 0 Å². The zero-order valence-electron chi connectivity index (χ0n) is 31.8. The Morgan fingerprint density at radius 2 is 0.660 bits per heavy atom. The number of unbranched alkanes of at least 4 members (excludes halogenated alkanes) is 31. The van der Waals surface area contributed by atoms with E-state index in [-0.39, 0.29) is 25.2 Å². The molecule has 47 heavy (non-hydrogen) atoms. The van der Waals surface area contributed by atoms with Gasteiger partial charge in [-0.1, -0.05) is 213 Å². The Morgan fingerprint density at radius 1 is 0.404 bits per heavy atom. The number of aliphatic hydroxyl groups excluding tert-OH is 1. The molecule has 5 heteroatoms. The van der Waals surface area contributed by atoms with Gasteiger partial charge < -0.3 is 14.6 Å². The minimum Gasteiger partial charge on any atom is -0.462 e. The SMILES string of the molecule is CCCCCCCCCCCCCCCCCCCCCCC(=O)O[C@@H](CO)COC(=O)CCCCCCCCCCCCCCC. The lowest BCUT2D eigenvalue weighted by Crippen LogP contribution is -2.28. The molecule has 1 atom stereocenters. The van der Waals surface area contributed by atoms with Crippen molar-refractivity contribution in [3.8, 4) is 0 Å². The van der Waals surface area contributed by atoms with E-state index < -0.39 is 6.10 Å². The Labute approximate surface area is 293 Å². The molecule has 0 amide bonds. The topological polar surface area (TPSA) is 72.8 Å². The number of rotatable bonds is 39. The van der Waals surface area contributed by atoms with E-state index in [9.17, 15) is 14.7 Å². The lowest BCUT2D eigenvalue weighted by molar-refractivity contribution is -0.161. The average molecular weight is 667 g/mol. The van der Waals surface area contributed by atoms with Crippen molar-refractivity contribution in [2.45, 2.75) is 245 Å². The Bertz CT molecular complexity index is 637. The highest BCUT2D eigenvalue weighted by atomic mass is 16.6. The highest BCUT2D eigenvalue weighted by Crippen LogP contribution is 2.16. The molecule has 1 N–H and O–H groups in total. The quantitative estimate of drug-likeness (QED) is 0.0522. The molecule has 0 spiro atoms. The second-order valence-electron chi connectivity index (χ2n) is 14.4. The van der Waals surface area contributed by atoms with Crippen molar-refractivity contribution in [1.82, 2.24) is 0 Å². The molecule has 0 aliphatic rings. The molecule has 0 unspecified atom stereocenters. The van der Waals surface area contributed by atoms with Crippen molar-refractivity contribution in [3.05, 3.63) is 0 Å². The molecule has 0 aliphatic heterocycles. The van der Waals surface area contributed by atoms with Crippen LogP contribution in [0, 0.1) is 0 Å². The van der Waals surface area contributed by atoms with Gasteiger partial charge in [-0.05, 0) is 12.8 Å². The van der Waals surface area contributed by atoms with E-state index in [1.165, 1.54) is 180 Å². The summed E-state index contributed by atoms with van der Waals surface area (Å²) in [6.45, 7) is 4.17. The number of carbonyl (C=O) groups is 2. The molecular formula is C42H82O5. The summed E-state index contributed by atoms with van der Waals surface area (Å²) in [5.41, 5.74) is 0. The standard InChI is InChI=1S/C42H82O5/c1-3-5-7-9-11-13-15-17-18-19-20-21-22-23-25-27-29-31-33-35-37-42(45)47-40(38-43)39-46-41(44)36-34-32-30-28-26-24-16-14-12-10-8-6-4-2/h40,43H,3-39H2,1-2H3/t40-/m0/s1. The molecule has 0 fully saturated rings. The molecule has 0 aromatic carbocycles. The third kappa shape index (κ3) is 37.6. The van der Waals surface area contributed by atoms with Crippen LogP contribution in [-0.2, 0) is 19.1 Å². The van der Waals surface area contributed by atoms with E-state index in [1.807, 2.05) is 0 Å². The highest BCUT2D eigenvalue weighted by molar-refractivity contribution is 5.70. The van der Waals surface area contributed by atoms with Crippen LogP contribution in [0.1, 0.15) is 239 Å². The Hall–Kier alpha value is -1.10. The number of carbonyl (C=O) groups excluding carboxylic acids is 2. The minimum absolute atomic E-state index is 0.0568. The molecule has 280 valence electrons. The summed E-state index contributed by atoms with van der Waals surface area (Å²) < 4.78 is 10.6. The fraction of sp³-hybridized carbons (Fsp3) is 0.952. The number of aliphatic hydroxyl groups is 1. The van der Waals surface area contributed by atoms with Crippen molar-refractivity contribution < 1.29 is 24.2 Å². The van der Waals surface area contributed by atoms with Crippen molar-refractivity contribution in [3.63, 3.8) is 0 Å². The fourth-order valence-electron chi connectivity index (χ4n) is 6.44. The maximum atomic E-state index is 12.2. The van der Waals surface area contributed by atoms with Crippen molar-refractivity contribution in [2.24, 2.45) is 0 Å². The van der Waals surface area contributed by atoms with E-state index in [2.05, 4.69) is 13.8 Å². The maximum absolute atomic E-state index is 12.2. The number of ether oxygens (including phenoxy) is 2. The van der Waals surface area contributed by atoms with E-state index in [0.717, 1.165) is 32.1 Å². The summed E-state index contributed by atoms with van der Waals surface area (Å²) in [5, 5.41) is 9.56. The van der Waals surface area contributed by atoms with Gasteiger partial charge in [0.05, 0.1) is 6.61 Å². The van der Waals surface area contributed by atoms with Gasteiger partial charge in [0, 0.05) is 12.8 Å². The first kappa shape index (κ1) is 45.9. The molecule has 0 radical (unpaired) electrons. The van der Waals surface area contributed by atoms with Gasteiger partial charge in [0.1, 0.15) is 6.61 Å². The second-order valence-corrected chi connectivity index (χ2v) is 14.4. The highest BCUT2D eigenvalue weighted by Gasteiger charge is 2.16. The molecule has 5 nitrogen and oxygen atoms in total. The molecule has 0 aliphatic carbocycles. The Balaban J connectivity index is 3.46. The molecule has 0 bridgehead atoms. The first-order valence-electron chi connectivity index (χ1n) is 21.1. The van der Waals surface area contributed by atoms with E-state index >= 15 is 0 Å². The van der Waals surface area contributed by atoms with Crippen LogP contribution in [0.3, 0.4) is 0 Å². The summed E-state index contributed by atoms with van der Waals surface area (Å²) in [6, 6.07) is 0. The molecular weight excluding hydrogens is 584 g/mol. The van der Waals surface area contributed by atoms with Crippen molar-refractivity contribution in [1.29, 1.82) is 0 Å². The molecule has 0 heterocycles. The Morgan fingerprint density at radius 3 is 0.936 bits per heavy atom. The van der Waals surface area contributed by atoms with Crippen LogP contribution in [0.4, 0.5) is 0 Å². The predicted molar refractivity (Wildman–Crippen MR) is 201 cm³/mol. The lowest BCUT2D eigenvalue weighted by atomic mass is 10.0. The van der Waals surface area contributed by atoms with Crippen LogP contribution >= 0.6 is 0 Å². The normalized spacial score (nSPS) is 12.0. The van der Waals surface area contributed by atoms with Crippen molar-refractivity contribution >= 4 is 11.9 Å². The molecule has 0 rings (SSSR count). The average Bonchev–Trinajstić information content (AvgIpc) is 3.07. The van der Waals surface area contributed by atoms with Gasteiger partial charge >= 0.3 is 11.9 Å². The molecule has 0 aromatic rings. The summed E-state index contributed by atoms with van der Waals surface area (Å²) in [5.74, 6) is -0.573. The van der Waals surface area contributed by atoms with E-state index in [0.29, 0.717) is 12.8 Å². The van der Waals surface area contributed by atoms with Gasteiger partial charge in [0.2, 0.25) is 0 Å². The van der Waals surface area contributed by atoms with Gasteiger partial charge in [-0.15, -0.1) is 0 Å². The van der Waals surface area contributed by atoms with Crippen LogP contribution in [-0.4, -0.2) is 36.4 Å². The summed E-state index contributed by atoms with van der Waals surface area (Å²) in [4.78, 5) is 24.3. The van der Waals surface area contributed by atoms with Gasteiger partial charge in [0.25, 0.3) is 0 Å². The number of esters is 2. The second kappa shape index (κ2) is 39.3. The summed E-state index contributed by atoms with van der Waals surface area (Å²) in [6.07, 6.45) is 43.1. The number of hydrogen-bond donors (Lipinski definition) is 1. The minimum atomic E-state index is -0.761. The summed E-state index contributed by atoms with van der Waals surface area (Å²) in [7, 11) is 0. The van der Waals surface area contributed by atoms with Gasteiger partial charge in [-0.3, -0.25) is 9.59 Å². The van der Waals surface area contributed by atoms with Crippen LogP contribution < -0.4 is 0 Å². The van der Waals surface area contributed by atoms with Crippen LogP contribution in [0.25, 0.3) is 0 Å². The zero-order chi connectivity index (χ0) is 34.3. The van der Waals surface area contributed by atoms with Gasteiger partial charge in [-0.2, -0.15) is 0 Å². The monoisotopic (exact) mass is 667 g/mol. The zero-order valence-corrected chi connectivity index (χ0v) is 31.8. The van der Waals surface area contributed by atoms with Gasteiger partial charge in [0.15, 0.2) is 6.10 Å². The largest absolute Gasteiger partial charge is 0.462 e. The van der Waals surface area contributed by atoms with E-state index in [1.54, 1.807) is 0 Å². The van der Waals surface area contributed by atoms with Crippen molar-refractivity contribution in [2.75, 3.05) is 13.2 Å². The number of hydrogen-bond acceptors (Lipinski definition) is 5. The fourth-order valence-corrected chi connectivity index (χ4v) is 6.44. The predicted octanol–water partition coefficient (Wildman–Crippen LogP) is 13.1. The first-order chi connectivity index (χ1) is 23.1. The molecule has 0 aromatic heterocycles. The lowest BCUT2D eigenvalue weighted by Gasteiger charge is -2.15. The third-order valence-electron chi connectivity index (χ3n) is 9.65. The molecule has 0 saturated heterocycles. The summed E-state index contributed by atoms with van der Waals surface area (Å²) >= 11 is 0. The van der Waals surface area contributed by atoms with E-state index in [4.69, 9.17) is 9.47 Å². The Kier molecular flexibility index (Phi) is 38.4. The maximum Gasteiger partial charge on any atom is 0.306 e. The first-order valence-corrected chi connectivity index (χ1v) is 21.1. The molecule has 0 saturated carbocycles. The third-order valence-corrected chi connectivity index (χ3v) is 9.65. The van der Waals surface area contributed by atoms with Gasteiger partial charge in [-0.25, -0.2) is 0 Å². The smallest absolute Gasteiger partial charge is 0.306 e. The van der Waals surface area contributed by atoms with Crippen LogP contribution in [0.15, 0.2) is 0 Å².